The van der Waals surface area contributed by atoms with Gasteiger partial charge >= 0.3 is 5.97 Å². The third-order valence-electron chi connectivity index (χ3n) is 1.45. The van der Waals surface area contributed by atoms with E-state index in [1.165, 1.54) is 18.2 Å². The van der Waals surface area contributed by atoms with Gasteiger partial charge in [0.2, 0.25) is 0 Å². The molecule has 4 N–H and O–H groups in total. The average Bonchev–Trinajstić information content (AvgIpc) is 2.02. The Labute approximate surface area is 73.5 Å². The van der Waals surface area contributed by atoms with E-state index in [2.05, 4.69) is 0 Å². The normalized spacial score (nSPS) is 11.3. The Morgan fingerprint density at radius 3 is 2.15 bits per heavy atom. The van der Waals surface area contributed by atoms with Crippen LogP contribution in [0, 0.1) is 0 Å². The number of ketones is 1. The predicted molar refractivity (Wildman–Crippen MR) is 41.8 cm³/mol. The van der Waals surface area contributed by atoms with Crippen LogP contribution in [-0.2, 0) is 0 Å². The van der Waals surface area contributed by atoms with E-state index in [0.717, 1.165) is 6.07 Å². The van der Waals surface area contributed by atoms with Crippen LogP contribution in [0.2, 0.25) is 0 Å². The second-order valence-electron chi connectivity index (χ2n) is 2.48. The van der Waals surface area contributed by atoms with Crippen LogP contribution in [0.4, 0.5) is 0 Å². The first-order valence-electron chi connectivity index (χ1n) is 3.43. The summed E-state index contributed by atoms with van der Waals surface area (Å²) >= 11 is 0. The molecular weight excluding hydrogens is 176 g/mol. The number of rotatable bonds is 2. The highest BCUT2D eigenvalue weighted by Gasteiger charge is 2.32. The maximum Gasteiger partial charge on any atom is 0.344 e. The van der Waals surface area contributed by atoms with Gasteiger partial charge in [-0.25, -0.2) is 0 Å². The standard InChI is InChI=1S/C8H8O5/c9-6-4-2-1-3-5(6)7(10)8(11,12)13/h1-4,9,11-13H. The molecule has 0 spiro atoms. The van der Waals surface area contributed by atoms with Crippen molar-refractivity contribution in [2.75, 3.05) is 0 Å². The fourth-order valence-electron chi connectivity index (χ4n) is 0.846. The predicted octanol–water partition coefficient (Wildman–Crippen LogP) is -0.794. The molecule has 1 aromatic carbocycles. The van der Waals surface area contributed by atoms with Crippen molar-refractivity contribution < 1.29 is 25.2 Å². The Morgan fingerprint density at radius 2 is 1.69 bits per heavy atom. The van der Waals surface area contributed by atoms with E-state index in [1.807, 2.05) is 0 Å². The summed E-state index contributed by atoms with van der Waals surface area (Å²) in [6.07, 6.45) is 0. The number of benzene rings is 1. The maximum absolute atomic E-state index is 11.0. The Kier molecular flexibility index (Phi) is 2.33. The minimum atomic E-state index is -3.45. The second-order valence-corrected chi connectivity index (χ2v) is 2.48. The lowest BCUT2D eigenvalue weighted by atomic mass is 10.1. The molecule has 0 aliphatic carbocycles. The minimum absolute atomic E-state index is 0.352. The van der Waals surface area contributed by atoms with Gasteiger partial charge in [0.05, 0.1) is 5.56 Å². The molecule has 0 atom stereocenters. The molecule has 0 aromatic heterocycles. The van der Waals surface area contributed by atoms with E-state index in [-0.39, 0.29) is 5.56 Å². The van der Waals surface area contributed by atoms with Gasteiger partial charge in [-0.1, -0.05) is 12.1 Å². The van der Waals surface area contributed by atoms with E-state index < -0.39 is 17.5 Å². The van der Waals surface area contributed by atoms with E-state index in [1.54, 1.807) is 0 Å². The molecule has 5 heteroatoms. The summed E-state index contributed by atoms with van der Waals surface area (Å²) in [6.45, 7) is 0. The minimum Gasteiger partial charge on any atom is -0.507 e. The quantitative estimate of drug-likeness (QED) is 0.356. The largest absolute Gasteiger partial charge is 0.507 e. The van der Waals surface area contributed by atoms with Gasteiger partial charge in [0, 0.05) is 0 Å². The summed E-state index contributed by atoms with van der Waals surface area (Å²) in [5.74, 6) is -5.24. The average molecular weight is 184 g/mol. The van der Waals surface area contributed by atoms with Crippen molar-refractivity contribution in [3.63, 3.8) is 0 Å². The molecule has 5 nitrogen and oxygen atoms in total. The SMILES string of the molecule is O=C(c1ccccc1O)C(O)(O)O. The third kappa shape index (κ3) is 2.03. The number of aromatic hydroxyl groups is 1. The van der Waals surface area contributed by atoms with Gasteiger partial charge in [-0.15, -0.1) is 0 Å². The van der Waals surface area contributed by atoms with Crippen molar-refractivity contribution >= 4 is 5.78 Å². The summed E-state index contributed by atoms with van der Waals surface area (Å²) < 4.78 is 0. The zero-order valence-corrected chi connectivity index (χ0v) is 6.51. The molecule has 1 aromatic rings. The van der Waals surface area contributed by atoms with Crippen LogP contribution in [-0.4, -0.2) is 32.2 Å². The molecule has 0 saturated carbocycles. The number of aliphatic hydroxyl groups is 3. The first-order valence-corrected chi connectivity index (χ1v) is 3.43. The monoisotopic (exact) mass is 184 g/mol. The second kappa shape index (κ2) is 3.14. The van der Waals surface area contributed by atoms with Crippen molar-refractivity contribution in [3.8, 4) is 5.75 Å². The highest BCUT2D eigenvalue weighted by Crippen LogP contribution is 2.19. The van der Waals surface area contributed by atoms with Gasteiger partial charge in [0.15, 0.2) is 0 Å². The third-order valence-corrected chi connectivity index (χ3v) is 1.45. The molecule has 0 bridgehead atoms. The molecule has 0 fully saturated rings. The van der Waals surface area contributed by atoms with E-state index in [9.17, 15) is 4.79 Å². The number of phenols is 1. The molecule has 1 rings (SSSR count). The molecule has 0 aliphatic heterocycles. The summed E-state index contributed by atoms with van der Waals surface area (Å²) in [5.41, 5.74) is -0.352. The molecule has 13 heavy (non-hydrogen) atoms. The smallest absolute Gasteiger partial charge is 0.344 e. The van der Waals surface area contributed by atoms with Gasteiger partial charge in [0.1, 0.15) is 5.75 Å². The van der Waals surface area contributed by atoms with Gasteiger partial charge in [0.25, 0.3) is 5.78 Å². The number of phenolic OH excluding ortho intramolecular Hbond substituents is 1. The number of para-hydroxylation sites is 1. The maximum atomic E-state index is 11.0. The topological polar surface area (TPSA) is 98.0 Å². The number of hydrogen-bond acceptors (Lipinski definition) is 5. The fraction of sp³-hybridized carbons (Fsp3) is 0.125. The number of carbonyl (C=O) groups is 1. The molecule has 0 saturated heterocycles. The van der Waals surface area contributed by atoms with Gasteiger partial charge in [-0.2, -0.15) is 0 Å². The lowest BCUT2D eigenvalue weighted by molar-refractivity contribution is -0.267. The lowest BCUT2D eigenvalue weighted by Gasteiger charge is -2.12. The summed E-state index contributed by atoms with van der Waals surface area (Å²) in [7, 11) is 0. The van der Waals surface area contributed by atoms with Crippen molar-refractivity contribution in [2.45, 2.75) is 5.97 Å². The highest BCUT2D eigenvalue weighted by atomic mass is 16.7. The van der Waals surface area contributed by atoms with Crippen LogP contribution in [0.15, 0.2) is 24.3 Å². The summed E-state index contributed by atoms with van der Waals surface area (Å²) in [5, 5.41) is 34.6. The Morgan fingerprint density at radius 1 is 1.15 bits per heavy atom. The molecular formula is C8H8O5. The van der Waals surface area contributed by atoms with E-state index in [4.69, 9.17) is 20.4 Å². The first-order chi connectivity index (χ1) is 5.93. The van der Waals surface area contributed by atoms with Crippen molar-refractivity contribution in [1.29, 1.82) is 0 Å². The Bertz CT molecular complexity index is 326. The van der Waals surface area contributed by atoms with Gasteiger partial charge < -0.3 is 20.4 Å². The van der Waals surface area contributed by atoms with Gasteiger partial charge in [-0.05, 0) is 12.1 Å². The van der Waals surface area contributed by atoms with Crippen LogP contribution in [0.5, 0.6) is 5.75 Å². The Balaban J connectivity index is 3.10. The zero-order chi connectivity index (χ0) is 10.1. The number of Topliss-reactive ketones (excluding diaryl/α,β-unsaturated/α-hetero) is 1. The van der Waals surface area contributed by atoms with Crippen molar-refractivity contribution in [2.24, 2.45) is 0 Å². The van der Waals surface area contributed by atoms with Crippen molar-refractivity contribution in [3.05, 3.63) is 29.8 Å². The molecule has 70 valence electrons. The van der Waals surface area contributed by atoms with Gasteiger partial charge in [-0.3, -0.25) is 4.79 Å². The fourth-order valence-corrected chi connectivity index (χ4v) is 0.846. The Hall–Kier alpha value is -1.43. The van der Waals surface area contributed by atoms with Crippen LogP contribution < -0.4 is 0 Å². The van der Waals surface area contributed by atoms with E-state index >= 15 is 0 Å². The van der Waals surface area contributed by atoms with E-state index in [0.29, 0.717) is 0 Å². The number of carbonyl (C=O) groups excluding carboxylic acids is 1. The highest BCUT2D eigenvalue weighted by molar-refractivity contribution is 6.02. The van der Waals surface area contributed by atoms with Crippen LogP contribution in [0.1, 0.15) is 10.4 Å². The summed E-state index contributed by atoms with van der Waals surface area (Å²) in [4.78, 5) is 11.0. The molecule has 0 unspecified atom stereocenters. The van der Waals surface area contributed by atoms with Crippen molar-refractivity contribution in [1.82, 2.24) is 0 Å². The first kappa shape index (κ1) is 9.66. The number of hydrogen-bond donors (Lipinski definition) is 4. The zero-order valence-electron chi connectivity index (χ0n) is 6.51. The lowest BCUT2D eigenvalue weighted by Crippen LogP contribution is -2.37. The molecule has 0 amide bonds. The molecule has 0 aliphatic rings. The van der Waals surface area contributed by atoms with Crippen LogP contribution in [0.3, 0.4) is 0 Å². The molecule has 0 radical (unpaired) electrons. The summed E-state index contributed by atoms with van der Waals surface area (Å²) in [6, 6.07) is 5.23. The van der Waals surface area contributed by atoms with Crippen LogP contribution >= 0.6 is 0 Å². The van der Waals surface area contributed by atoms with Crippen LogP contribution in [0.25, 0.3) is 0 Å². The molecule has 0 heterocycles.